The van der Waals surface area contributed by atoms with Gasteiger partial charge in [-0.05, 0) is 12.1 Å². The first-order valence-electron chi connectivity index (χ1n) is 4.10. The maximum absolute atomic E-state index is 10.9. The van der Waals surface area contributed by atoms with Gasteiger partial charge in [-0.3, -0.25) is 4.98 Å². The average Bonchev–Trinajstić information content (AvgIpc) is 2.55. The lowest BCUT2D eigenvalue weighted by Crippen LogP contribution is -2.13. The molecule has 4 nitrogen and oxygen atoms in total. The van der Waals surface area contributed by atoms with Crippen molar-refractivity contribution in [3.63, 3.8) is 0 Å². The number of hydrogen-bond acceptors (Lipinski definition) is 3. The zero-order chi connectivity index (χ0) is 10.1. The number of rotatable bonds is 2. The van der Waals surface area contributed by atoms with Crippen LogP contribution >= 0.6 is 15.9 Å². The maximum atomic E-state index is 10.9. The highest BCUT2D eigenvalue weighted by molar-refractivity contribution is 9.09. The summed E-state index contributed by atoms with van der Waals surface area (Å²) in [6, 6.07) is 5.58. The highest BCUT2D eigenvalue weighted by Gasteiger charge is 2.04. The molecule has 74 valence electrons. The van der Waals surface area contributed by atoms with E-state index in [1.165, 1.54) is 0 Å². The molecule has 1 heterocycles. The van der Waals surface area contributed by atoms with Crippen LogP contribution in [0.15, 0.2) is 27.4 Å². The number of nitrogens with one attached hydrogen (secondary N) is 1. The number of aromatic amines is 1. The van der Waals surface area contributed by atoms with Gasteiger partial charge in [0.15, 0.2) is 5.58 Å². The van der Waals surface area contributed by atoms with Crippen LogP contribution in [-0.4, -0.2) is 17.5 Å². The van der Waals surface area contributed by atoms with Crippen LogP contribution in [0.4, 0.5) is 5.69 Å². The number of fused-ring (bicyclic) bond motifs is 1. The molecule has 0 bridgehead atoms. The number of H-pyrrole nitrogens is 1. The molecular weight excluding hydrogens is 248 g/mol. The Morgan fingerprint density at radius 2 is 2.36 bits per heavy atom. The first-order chi connectivity index (χ1) is 6.70. The molecule has 0 unspecified atom stereocenters. The number of benzene rings is 1. The van der Waals surface area contributed by atoms with Gasteiger partial charge in [-0.1, -0.05) is 15.9 Å². The summed E-state index contributed by atoms with van der Waals surface area (Å²) in [5.41, 5.74) is 3.03. The van der Waals surface area contributed by atoms with Crippen LogP contribution in [0.2, 0.25) is 0 Å². The third-order valence-corrected chi connectivity index (χ3v) is 2.78. The van der Waals surface area contributed by atoms with Gasteiger partial charge in [0.2, 0.25) is 0 Å². The second-order valence-corrected chi connectivity index (χ2v) is 3.51. The molecule has 0 amide bonds. The van der Waals surface area contributed by atoms with Crippen molar-refractivity contribution in [1.29, 1.82) is 0 Å². The van der Waals surface area contributed by atoms with Crippen molar-refractivity contribution < 1.29 is 4.42 Å². The van der Waals surface area contributed by atoms with Gasteiger partial charge in [-0.15, -0.1) is 0 Å². The molecule has 1 aromatic heterocycles. The van der Waals surface area contributed by atoms with E-state index in [4.69, 9.17) is 4.42 Å². The summed E-state index contributed by atoms with van der Waals surface area (Å²) in [5.74, 6) is -0.418. The lowest BCUT2D eigenvalue weighted by molar-refractivity contribution is 0.555. The van der Waals surface area contributed by atoms with Crippen LogP contribution in [0.1, 0.15) is 0 Å². The van der Waals surface area contributed by atoms with Crippen LogP contribution in [0.3, 0.4) is 0 Å². The van der Waals surface area contributed by atoms with Crippen molar-refractivity contribution in [2.45, 2.75) is 0 Å². The standard InChI is InChI=1S/C9H9BrN2O2/c1-12(5-10)6-2-3-7-8(4-6)14-9(13)11-7/h2-4H,5H2,1H3,(H,11,13). The molecule has 0 fully saturated rings. The second-order valence-electron chi connectivity index (χ2n) is 3.01. The first-order valence-corrected chi connectivity index (χ1v) is 5.23. The van der Waals surface area contributed by atoms with E-state index in [0.29, 0.717) is 5.58 Å². The van der Waals surface area contributed by atoms with Gasteiger partial charge in [0, 0.05) is 18.8 Å². The Hall–Kier alpha value is -1.23. The Labute approximate surface area is 88.6 Å². The van der Waals surface area contributed by atoms with E-state index in [1.807, 2.05) is 30.1 Å². The fraction of sp³-hybridized carbons (Fsp3) is 0.222. The number of halogens is 1. The number of nitrogens with zero attached hydrogens (tertiary/aromatic N) is 1. The number of aromatic nitrogens is 1. The fourth-order valence-electron chi connectivity index (χ4n) is 1.24. The predicted octanol–water partition coefficient (Wildman–Crippen LogP) is 1.91. The molecule has 0 aliphatic rings. The van der Waals surface area contributed by atoms with Gasteiger partial charge in [0.05, 0.1) is 11.0 Å². The summed E-state index contributed by atoms with van der Waals surface area (Å²) in [7, 11) is 1.95. The van der Waals surface area contributed by atoms with Crippen LogP contribution in [-0.2, 0) is 0 Å². The molecule has 14 heavy (non-hydrogen) atoms. The Morgan fingerprint density at radius 1 is 1.57 bits per heavy atom. The Bertz CT molecular complexity index is 503. The van der Waals surface area contributed by atoms with Crippen molar-refractivity contribution in [1.82, 2.24) is 4.98 Å². The third kappa shape index (κ3) is 1.55. The molecule has 0 atom stereocenters. The lowest BCUT2D eigenvalue weighted by Gasteiger charge is -2.14. The zero-order valence-electron chi connectivity index (χ0n) is 7.58. The minimum Gasteiger partial charge on any atom is -0.408 e. The molecule has 0 saturated heterocycles. The molecule has 0 radical (unpaired) electrons. The summed E-state index contributed by atoms with van der Waals surface area (Å²) in [6.07, 6.45) is 0. The number of oxazole rings is 1. The number of hydrogen-bond donors (Lipinski definition) is 1. The minimum absolute atomic E-state index is 0.418. The van der Waals surface area contributed by atoms with E-state index in [1.54, 1.807) is 0 Å². The first kappa shape index (κ1) is 9.33. The summed E-state index contributed by atoms with van der Waals surface area (Å²) in [5, 5.41) is 0. The van der Waals surface area contributed by atoms with Crippen molar-refractivity contribution in [2.24, 2.45) is 0 Å². The van der Waals surface area contributed by atoms with Crippen molar-refractivity contribution >= 4 is 32.7 Å². The van der Waals surface area contributed by atoms with E-state index < -0.39 is 5.76 Å². The van der Waals surface area contributed by atoms with Crippen LogP contribution < -0.4 is 10.7 Å². The van der Waals surface area contributed by atoms with Gasteiger partial charge in [0.25, 0.3) is 0 Å². The summed E-state index contributed by atoms with van der Waals surface area (Å²) in [6.45, 7) is 0. The highest BCUT2D eigenvalue weighted by atomic mass is 79.9. The van der Waals surface area contributed by atoms with Gasteiger partial charge in [-0.2, -0.15) is 0 Å². The monoisotopic (exact) mass is 256 g/mol. The minimum atomic E-state index is -0.418. The molecule has 2 aromatic rings. The van der Waals surface area contributed by atoms with E-state index >= 15 is 0 Å². The largest absolute Gasteiger partial charge is 0.417 e. The Kier molecular flexibility index (Phi) is 2.33. The van der Waals surface area contributed by atoms with Crippen molar-refractivity contribution in [3.8, 4) is 0 Å². The number of anilines is 1. The maximum Gasteiger partial charge on any atom is 0.417 e. The zero-order valence-corrected chi connectivity index (χ0v) is 9.17. The third-order valence-electron chi connectivity index (χ3n) is 2.02. The molecule has 1 aromatic carbocycles. The summed E-state index contributed by atoms with van der Waals surface area (Å²) >= 11 is 3.35. The molecular formula is C9H9BrN2O2. The van der Waals surface area contributed by atoms with E-state index in [0.717, 1.165) is 16.7 Å². The number of alkyl halides is 1. The van der Waals surface area contributed by atoms with E-state index in [9.17, 15) is 4.79 Å². The molecule has 1 N–H and O–H groups in total. The van der Waals surface area contributed by atoms with Gasteiger partial charge in [0.1, 0.15) is 0 Å². The Morgan fingerprint density at radius 3 is 3.07 bits per heavy atom. The smallest absolute Gasteiger partial charge is 0.408 e. The average molecular weight is 257 g/mol. The van der Waals surface area contributed by atoms with Gasteiger partial charge < -0.3 is 9.32 Å². The lowest BCUT2D eigenvalue weighted by atomic mass is 10.3. The predicted molar refractivity (Wildman–Crippen MR) is 59.0 cm³/mol. The van der Waals surface area contributed by atoms with Gasteiger partial charge in [-0.25, -0.2) is 4.79 Å². The van der Waals surface area contributed by atoms with Crippen molar-refractivity contribution in [2.75, 3.05) is 17.4 Å². The SMILES string of the molecule is CN(CBr)c1ccc2[nH]c(=O)oc2c1. The molecule has 0 spiro atoms. The Balaban J connectivity index is 2.55. The summed E-state index contributed by atoms with van der Waals surface area (Å²) in [4.78, 5) is 15.5. The molecule has 0 saturated carbocycles. The van der Waals surface area contributed by atoms with Crippen LogP contribution in [0.5, 0.6) is 0 Å². The molecule has 0 aliphatic heterocycles. The quantitative estimate of drug-likeness (QED) is 0.660. The highest BCUT2D eigenvalue weighted by Crippen LogP contribution is 2.19. The van der Waals surface area contributed by atoms with Crippen molar-refractivity contribution in [3.05, 3.63) is 28.7 Å². The fourth-order valence-corrected chi connectivity index (χ4v) is 1.53. The molecule has 5 heteroatoms. The molecule has 2 rings (SSSR count). The van der Waals surface area contributed by atoms with E-state index in [2.05, 4.69) is 20.9 Å². The summed E-state index contributed by atoms with van der Waals surface area (Å²) < 4.78 is 4.95. The van der Waals surface area contributed by atoms with Crippen LogP contribution in [0.25, 0.3) is 11.1 Å². The topological polar surface area (TPSA) is 49.2 Å². The normalized spacial score (nSPS) is 10.7. The van der Waals surface area contributed by atoms with Gasteiger partial charge >= 0.3 is 5.76 Å². The van der Waals surface area contributed by atoms with Crippen LogP contribution in [0, 0.1) is 0 Å². The second kappa shape index (κ2) is 3.49. The molecule has 0 aliphatic carbocycles. The van der Waals surface area contributed by atoms with E-state index in [-0.39, 0.29) is 0 Å².